The molecule has 0 saturated heterocycles. The third-order valence-corrected chi connectivity index (χ3v) is 3.07. The molecule has 20 heavy (non-hydrogen) atoms. The summed E-state index contributed by atoms with van der Waals surface area (Å²) in [6, 6.07) is 12.0. The molecule has 1 aromatic heterocycles. The average molecular weight is 269 g/mol. The van der Waals surface area contributed by atoms with Crippen molar-refractivity contribution in [2.45, 2.75) is 19.9 Å². The van der Waals surface area contributed by atoms with E-state index in [-0.39, 0.29) is 5.91 Å². The first-order valence-electron chi connectivity index (χ1n) is 6.62. The van der Waals surface area contributed by atoms with Crippen molar-refractivity contribution in [1.29, 1.82) is 0 Å². The van der Waals surface area contributed by atoms with Gasteiger partial charge in [0, 0.05) is 31.2 Å². The minimum Gasteiger partial charge on any atom is -0.381 e. The van der Waals surface area contributed by atoms with Gasteiger partial charge in [0.25, 0.3) is 0 Å². The van der Waals surface area contributed by atoms with Crippen molar-refractivity contribution in [2.75, 3.05) is 12.4 Å². The molecule has 0 aliphatic heterocycles. The molecule has 2 aromatic rings. The Morgan fingerprint density at radius 2 is 1.80 bits per heavy atom. The van der Waals surface area contributed by atoms with Gasteiger partial charge in [-0.15, -0.1) is 0 Å². The second-order valence-electron chi connectivity index (χ2n) is 4.71. The zero-order chi connectivity index (χ0) is 14.4. The van der Waals surface area contributed by atoms with Crippen LogP contribution in [0.5, 0.6) is 0 Å². The number of pyridine rings is 1. The van der Waals surface area contributed by atoms with Crippen LogP contribution in [-0.2, 0) is 17.8 Å². The van der Waals surface area contributed by atoms with Gasteiger partial charge in [-0.05, 0) is 36.2 Å². The van der Waals surface area contributed by atoms with Crippen LogP contribution in [0.4, 0.5) is 5.69 Å². The molecule has 0 fully saturated rings. The normalized spacial score (nSPS) is 10.1. The Bertz CT molecular complexity index is 561. The second kappa shape index (κ2) is 6.70. The van der Waals surface area contributed by atoms with Crippen LogP contribution in [0.15, 0.2) is 42.6 Å². The van der Waals surface area contributed by atoms with E-state index in [9.17, 15) is 4.79 Å². The molecule has 1 aromatic carbocycles. The third kappa shape index (κ3) is 4.09. The summed E-state index contributed by atoms with van der Waals surface area (Å²) in [5, 5.41) is 5.95. The minimum absolute atomic E-state index is 0.0245. The monoisotopic (exact) mass is 269 g/mol. The molecule has 104 valence electrons. The summed E-state index contributed by atoms with van der Waals surface area (Å²) >= 11 is 0. The number of nitrogens with one attached hydrogen (secondary N) is 2. The largest absolute Gasteiger partial charge is 0.381 e. The van der Waals surface area contributed by atoms with Crippen LogP contribution in [0.2, 0.25) is 0 Å². The van der Waals surface area contributed by atoms with E-state index in [0.29, 0.717) is 6.42 Å². The van der Waals surface area contributed by atoms with E-state index >= 15 is 0 Å². The van der Waals surface area contributed by atoms with E-state index in [1.165, 1.54) is 0 Å². The number of amides is 1. The summed E-state index contributed by atoms with van der Waals surface area (Å²) < 4.78 is 0. The fraction of sp³-hybridized carbons (Fsp3) is 0.250. The molecule has 0 aliphatic carbocycles. The quantitative estimate of drug-likeness (QED) is 0.875. The summed E-state index contributed by atoms with van der Waals surface area (Å²) in [4.78, 5) is 15.5. The Hall–Kier alpha value is -2.36. The highest BCUT2D eigenvalue weighted by Gasteiger charge is 2.01. The van der Waals surface area contributed by atoms with Gasteiger partial charge in [-0.3, -0.25) is 9.78 Å². The van der Waals surface area contributed by atoms with Crippen LogP contribution < -0.4 is 10.6 Å². The fourth-order valence-electron chi connectivity index (χ4n) is 1.82. The Kier molecular flexibility index (Phi) is 4.71. The SMILES string of the molecule is CNC(=O)Cc1ccc(NCc2ccc(C)nc2)cc1. The van der Waals surface area contributed by atoms with Crippen LogP contribution in [0.1, 0.15) is 16.8 Å². The number of hydrogen-bond donors (Lipinski definition) is 2. The van der Waals surface area contributed by atoms with Crippen molar-refractivity contribution < 1.29 is 4.79 Å². The summed E-state index contributed by atoms with van der Waals surface area (Å²) in [5.41, 5.74) is 4.20. The van der Waals surface area contributed by atoms with E-state index in [4.69, 9.17) is 0 Å². The van der Waals surface area contributed by atoms with Crippen LogP contribution in [0.3, 0.4) is 0 Å². The number of nitrogens with zero attached hydrogens (tertiary/aromatic N) is 1. The first kappa shape index (κ1) is 14.1. The fourth-order valence-corrected chi connectivity index (χ4v) is 1.82. The number of hydrogen-bond acceptors (Lipinski definition) is 3. The number of rotatable bonds is 5. The highest BCUT2D eigenvalue weighted by Crippen LogP contribution is 2.11. The summed E-state index contributed by atoms with van der Waals surface area (Å²) in [7, 11) is 1.65. The average Bonchev–Trinajstić information content (AvgIpc) is 2.48. The number of anilines is 1. The molecule has 4 heteroatoms. The predicted molar refractivity (Wildman–Crippen MR) is 80.5 cm³/mol. The minimum atomic E-state index is 0.0245. The number of benzene rings is 1. The third-order valence-electron chi connectivity index (χ3n) is 3.07. The van der Waals surface area contributed by atoms with Crippen molar-refractivity contribution in [2.24, 2.45) is 0 Å². The van der Waals surface area contributed by atoms with Gasteiger partial charge in [-0.1, -0.05) is 18.2 Å². The highest BCUT2D eigenvalue weighted by atomic mass is 16.1. The first-order valence-corrected chi connectivity index (χ1v) is 6.62. The van der Waals surface area contributed by atoms with Gasteiger partial charge in [0.05, 0.1) is 6.42 Å². The van der Waals surface area contributed by atoms with E-state index in [1.54, 1.807) is 7.05 Å². The zero-order valence-corrected chi connectivity index (χ0v) is 11.8. The van der Waals surface area contributed by atoms with Crippen LogP contribution in [0.25, 0.3) is 0 Å². The van der Waals surface area contributed by atoms with Gasteiger partial charge in [-0.2, -0.15) is 0 Å². The topological polar surface area (TPSA) is 54.0 Å². The van der Waals surface area contributed by atoms with E-state index in [1.807, 2.05) is 43.5 Å². The summed E-state index contributed by atoms with van der Waals surface area (Å²) in [6.45, 7) is 2.71. The first-order chi connectivity index (χ1) is 9.67. The molecule has 0 radical (unpaired) electrons. The lowest BCUT2D eigenvalue weighted by Crippen LogP contribution is -2.19. The molecule has 4 nitrogen and oxygen atoms in total. The van der Waals surface area contributed by atoms with Gasteiger partial charge in [0.15, 0.2) is 0 Å². The van der Waals surface area contributed by atoms with Gasteiger partial charge < -0.3 is 10.6 Å². The molecule has 2 rings (SSSR count). The van der Waals surface area contributed by atoms with Crippen molar-refractivity contribution in [3.8, 4) is 0 Å². The molecular formula is C16H19N3O. The molecule has 0 bridgehead atoms. The maximum Gasteiger partial charge on any atom is 0.224 e. The molecule has 0 atom stereocenters. The lowest BCUT2D eigenvalue weighted by Gasteiger charge is -2.07. The lowest BCUT2D eigenvalue weighted by molar-refractivity contribution is -0.119. The van der Waals surface area contributed by atoms with Crippen LogP contribution >= 0.6 is 0 Å². The van der Waals surface area contributed by atoms with E-state index < -0.39 is 0 Å². The maximum absolute atomic E-state index is 11.3. The second-order valence-corrected chi connectivity index (χ2v) is 4.71. The van der Waals surface area contributed by atoms with Gasteiger partial charge >= 0.3 is 0 Å². The van der Waals surface area contributed by atoms with E-state index in [0.717, 1.165) is 29.1 Å². The molecule has 1 amide bonds. The van der Waals surface area contributed by atoms with Gasteiger partial charge in [0.2, 0.25) is 5.91 Å². The van der Waals surface area contributed by atoms with Crippen molar-refractivity contribution in [3.63, 3.8) is 0 Å². The number of likely N-dealkylation sites (N-methyl/N-ethyl adjacent to an activating group) is 1. The number of carbonyl (C=O) groups excluding carboxylic acids is 1. The number of aryl methyl sites for hydroxylation is 1. The van der Waals surface area contributed by atoms with Crippen molar-refractivity contribution in [1.82, 2.24) is 10.3 Å². The predicted octanol–water partition coefficient (Wildman–Crippen LogP) is 2.29. The molecule has 0 spiro atoms. The van der Waals surface area contributed by atoms with E-state index in [2.05, 4.69) is 21.7 Å². The highest BCUT2D eigenvalue weighted by molar-refractivity contribution is 5.78. The Balaban J connectivity index is 1.90. The Morgan fingerprint density at radius 3 is 2.40 bits per heavy atom. The molecule has 1 heterocycles. The van der Waals surface area contributed by atoms with Crippen molar-refractivity contribution in [3.05, 3.63) is 59.4 Å². The zero-order valence-electron chi connectivity index (χ0n) is 11.8. The Labute approximate surface area is 119 Å². The molecular weight excluding hydrogens is 250 g/mol. The molecule has 0 unspecified atom stereocenters. The standard InChI is InChI=1S/C16H19N3O/c1-12-3-4-14(10-18-12)11-19-15-7-5-13(6-8-15)9-16(20)17-2/h3-8,10,19H,9,11H2,1-2H3,(H,17,20). The Morgan fingerprint density at radius 1 is 1.10 bits per heavy atom. The summed E-state index contributed by atoms with van der Waals surface area (Å²) in [6.07, 6.45) is 2.29. The number of aromatic nitrogens is 1. The maximum atomic E-state index is 11.3. The van der Waals surface area contributed by atoms with Crippen LogP contribution in [-0.4, -0.2) is 17.9 Å². The van der Waals surface area contributed by atoms with Gasteiger partial charge in [-0.25, -0.2) is 0 Å². The molecule has 0 aliphatic rings. The number of carbonyl (C=O) groups is 1. The smallest absolute Gasteiger partial charge is 0.224 e. The van der Waals surface area contributed by atoms with Crippen molar-refractivity contribution >= 4 is 11.6 Å². The lowest BCUT2D eigenvalue weighted by atomic mass is 10.1. The molecule has 0 saturated carbocycles. The molecule has 2 N–H and O–H groups in total. The van der Waals surface area contributed by atoms with Gasteiger partial charge in [0.1, 0.15) is 0 Å². The summed E-state index contributed by atoms with van der Waals surface area (Å²) in [5.74, 6) is 0.0245. The van der Waals surface area contributed by atoms with Crippen LogP contribution in [0, 0.1) is 6.92 Å².